The maximum atomic E-state index is 5.73. The van der Waals surface area contributed by atoms with Crippen LogP contribution in [0.15, 0.2) is 34.9 Å². The lowest BCUT2D eigenvalue weighted by Crippen LogP contribution is -1.85. The molecule has 1 nitrogen and oxygen atoms in total. The molecule has 2 aromatic rings. The third-order valence-corrected chi connectivity index (χ3v) is 3.91. The Morgan fingerprint density at radius 2 is 2.27 bits per heavy atom. The summed E-state index contributed by atoms with van der Waals surface area (Å²) in [5.41, 5.74) is 1.26. The fourth-order valence-corrected chi connectivity index (χ4v) is 2.80. The molecule has 0 radical (unpaired) electrons. The molecule has 0 aliphatic carbocycles. The molecule has 0 saturated carbocycles. The van der Waals surface area contributed by atoms with E-state index < -0.39 is 0 Å². The number of hydrogen-bond acceptors (Lipinski definition) is 2. The van der Waals surface area contributed by atoms with Gasteiger partial charge in [0.15, 0.2) is 0 Å². The molecule has 15 heavy (non-hydrogen) atoms. The van der Waals surface area contributed by atoms with Crippen LogP contribution in [-0.4, -0.2) is 4.98 Å². The van der Waals surface area contributed by atoms with Crippen molar-refractivity contribution in [1.82, 2.24) is 4.98 Å². The lowest BCUT2D eigenvalue weighted by molar-refractivity contribution is 1.13. The highest BCUT2D eigenvalue weighted by Crippen LogP contribution is 2.20. The second-order valence-corrected chi connectivity index (χ2v) is 5.54. The smallest absolute Gasteiger partial charge is 0.0971 e. The Labute approximate surface area is 106 Å². The SMILES string of the molecule is ClCc1cnc(Cc2cccc(Br)c2)s1. The van der Waals surface area contributed by atoms with Gasteiger partial charge in [-0.3, -0.25) is 0 Å². The summed E-state index contributed by atoms with van der Waals surface area (Å²) >= 11 is 10.9. The van der Waals surface area contributed by atoms with Gasteiger partial charge in [-0.15, -0.1) is 22.9 Å². The fourth-order valence-electron chi connectivity index (χ4n) is 1.31. The van der Waals surface area contributed by atoms with Crippen molar-refractivity contribution < 1.29 is 0 Å². The molecule has 0 aliphatic rings. The Bertz CT molecular complexity index is 455. The average molecular weight is 303 g/mol. The molecule has 0 aliphatic heterocycles. The zero-order valence-electron chi connectivity index (χ0n) is 7.91. The highest BCUT2D eigenvalue weighted by molar-refractivity contribution is 9.10. The summed E-state index contributed by atoms with van der Waals surface area (Å²) in [5, 5.41) is 1.11. The van der Waals surface area contributed by atoms with Crippen LogP contribution in [0.5, 0.6) is 0 Å². The summed E-state index contributed by atoms with van der Waals surface area (Å²) in [4.78, 5) is 5.46. The van der Waals surface area contributed by atoms with E-state index in [4.69, 9.17) is 11.6 Å². The number of hydrogen-bond donors (Lipinski definition) is 0. The van der Waals surface area contributed by atoms with E-state index in [2.05, 4.69) is 33.0 Å². The molecule has 0 fully saturated rings. The molecule has 0 unspecified atom stereocenters. The number of halogens is 2. The van der Waals surface area contributed by atoms with Crippen LogP contribution in [0.2, 0.25) is 0 Å². The number of benzene rings is 1. The Kier molecular flexibility index (Phi) is 3.78. The number of thiazole rings is 1. The van der Waals surface area contributed by atoms with Gasteiger partial charge < -0.3 is 0 Å². The van der Waals surface area contributed by atoms with Crippen molar-refractivity contribution >= 4 is 38.9 Å². The van der Waals surface area contributed by atoms with E-state index in [-0.39, 0.29) is 0 Å². The summed E-state index contributed by atoms with van der Waals surface area (Å²) < 4.78 is 1.11. The van der Waals surface area contributed by atoms with Gasteiger partial charge in [-0.1, -0.05) is 28.1 Å². The van der Waals surface area contributed by atoms with Crippen LogP contribution in [0, 0.1) is 0 Å². The molecule has 1 aromatic carbocycles. The zero-order valence-corrected chi connectivity index (χ0v) is 11.1. The first-order valence-corrected chi connectivity index (χ1v) is 6.66. The summed E-state index contributed by atoms with van der Waals surface area (Å²) in [5.74, 6) is 0.552. The number of aromatic nitrogens is 1. The van der Waals surface area contributed by atoms with Crippen LogP contribution < -0.4 is 0 Å². The van der Waals surface area contributed by atoms with Gasteiger partial charge in [-0.2, -0.15) is 0 Å². The molecule has 78 valence electrons. The second kappa shape index (κ2) is 5.10. The maximum Gasteiger partial charge on any atom is 0.0971 e. The highest BCUT2D eigenvalue weighted by Gasteiger charge is 2.02. The first-order valence-electron chi connectivity index (χ1n) is 4.52. The molecule has 0 bridgehead atoms. The minimum Gasteiger partial charge on any atom is -0.249 e. The Balaban J connectivity index is 2.14. The van der Waals surface area contributed by atoms with Gasteiger partial charge in [0.1, 0.15) is 0 Å². The predicted octanol–water partition coefficient (Wildman–Crippen LogP) is 4.24. The number of nitrogens with zero attached hydrogens (tertiary/aromatic N) is 1. The molecule has 0 atom stereocenters. The highest BCUT2D eigenvalue weighted by atomic mass is 79.9. The van der Waals surface area contributed by atoms with E-state index in [0.717, 1.165) is 20.8 Å². The molecule has 0 saturated heterocycles. The van der Waals surface area contributed by atoms with Crippen LogP contribution >= 0.6 is 38.9 Å². The van der Waals surface area contributed by atoms with E-state index in [9.17, 15) is 0 Å². The predicted molar refractivity (Wildman–Crippen MR) is 68.6 cm³/mol. The third-order valence-electron chi connectivity index (χ3n) is 1.98. The second-order valence-electron chi connectivity index (χ2n) is 3.16. The average Bonchev–Trinajstić information content (AvgIpc) is 2.65. The topological polar surface area (TPSA) is 12.9 Å². The fraction of sp³-hybridized carbons (Fsp3) is 0.182. The standard InChI is InChI=1S/C11H9BrClNS/c12-9-3-1-2-8(4-9)5-11-14-7-10(6-13)15-11/h1-4,7H,5-6H2. The van der Waals surface area contributed by atoms with Gasteiger partial charge in [-0.05, 0) is 17.7 Å². The van der Waals surface area contributed by atoms with E-state index in [1.807, 2.05) is 18.3 Å². The lowest BCUT2D eigenvalue weighted by Gasteiger charge is -1.98. The van der Waals surface area contributed by atoms with Crippen molar-refractivity contribution in [3.8, 4) is 0 Å². The van der Waals surface area contributed by atoms with Crippen LogP contribution in [-0.2, 0) is 12.3 Å². The normalized spacial score (nSPS) is 10.5. The van der Waals surface area contributed by atoms with Crippen LogP contribution in [0.1, 0.15) is 15.4 Å². The van der Waals surface area contributed by atoms with E-state index in [1.165, 1.54) is 5.56 Å². The molecular formula is C11H9BrClNS. The van der Waals surface area contributed by atoms with E-state index in [1.54, 1.807) is 11.3 Å². The summed E-state index contributed by atoms with van der Waals surface area (Å²) in [6.07, 6.45) is 2.73. The number of alkyl halides is 1. The Hall–Kier alpha value is -0.380. The van der Waals surface area contributed by atoms with Crippen molar-refractivity contribution in [1.29, 1.82) is 0 Å². The first kappa shape index (κ1) is 11.1. The first-order chi connectivity index (χ1) is 7.28. The lowest BCUT2D eigenvalue weighted by atomic mass is 10.2. The van der Waals surface area contributed by atoms with Crippen LogP contribution in [0.3, 0.4) is 0 Å². The van der Waals surface area contributed by atoms with Crippen LogP contribution in [0.25, 0.3) is 0 Å². The molecular weight excluding hydrogens is 294 g/mol. The minimum absolute atomic E-state index is 0.552. The van der Waals surface area contributed by atoms with Gasteiger partial charge in [-0.25, -0.2) is 4.98 Å². The third kappa shape index (κ3) is 3.03. The van der Waals surface area contributed by atoms with Gasteiger partial charge >= 0.3 is 0 Å². The Morgan fingerprint density at radius 3 is 2.93 bits per heavy atom. The molecule has 0 N–H and O–H groups in total. The molecule has 0 spiro atoms. The molecule has 4 heteroatoms. The van der Waals surface area contributed by atoms with Crippen LogP contribution in [0.4, 0.5) is 0 Å². The van der Waals surface area contributed by atoms with E-state index in [0.29, 0.717) is 5.88 Å². The summed E-state index contributed by atoms with van der Waals surface area (Å²) in [6.45, 7) is 0. The summed E-state index contributed by atoms with van der Waals surface area (Å²) in [6, 6.07) is 8.28. The summed E-state index contributed by atoms with van der Waals surface area (Å²) in [7, 11) is 0. The van der Waals surface area contributed by atoms with Crippen molar-refractivity contribution in [2.75, 3.05) is 0 Å². The minimum atomic E-state index is 0.552. The van der Waals surface area contributed by atoms with Gasteiger partial charge in [0.25, 0.3) is 0 Å². The van der Waals surface area contributed by atoms with Crippen molar-refractivity contribution in [2.45, 2.75) is 12.3 Å². The van der Waals surface area contributed by atoms with Gasteiger partial charge in [0.2, 0.25) is 0 Å². The number of rotatable bonds is 3. The van der Waals surface area contributed by atoms with Gasteiger partial charge in [0.05, 0.1) is 10.9 Å². The quantitative estimate of drug-likeness (QED) is 0.773. The maximum absolute atomic E-state index is 5.73. The van der Waals surface area contributed by atoms with E-state index >= 15 is 0 Å². The zero-order chi connectivity index (χ0) is 10.7. The molecule has 2 rings (SSSR count). The van der Waals surface area contributed by atoms with Crippen molar-refractivity contribution in [2.24, 2.45) is 0 Å². The largest absolute Gasteiger partial charge is 0.249 e. The molecule has 1 aromatic heterocycles. The molecule has 0 amide bonds. The molecule has 1 heterocycles. The van der Waals surface area contributed by atoms with Crippen molar-refractivity contribution in [3.63, 3.8) is 0 Å². The monoisotopic (exact) mass is 301 g/mol. The van der Waals surface area contributed by atoms with Crippen molar-refractivity contribution in [3.05, 3.63) is 50.4 Å². The Morgan fingerprint density at radius 1 is 1.40 bits per heavy atom. The van der Waals surface area contributed by atoms with Gasteiger partial charge in [0, 0.05) is 22.0 Å².